The summed E-state index contributed by atoms with van der Waals surface area (Å²) in [4.78, 5) is 68.7. The zero-order valence-electron chi connectivity index (χ0n) is 62.2. The molecule has 2 N–H and O–H groups in total. The van der Waals surface area contributed by atoms with Crippen molar-refractivity contribution >= 4 is 132 Å². The molecule has 23 heteroatoms. The number of aryl methyl sites for hydroxylation is 4. The van der Waals surface area contributed by atoms with Crippen molar-refractivity contribution in [3.8, 4) is 11.3 Å². The molecule has 2 fully saturated rings. The van der Waals surface area contributed by atoms with Crippen molar-refractivity contribution in [2.75, 3.05) is 25.0 Å². The first-order chi connectivity index (χ1) is 49.1. The summed E-state index contributed by atoms with van der Waals surface area (Å²) in [6, 6.07) is 33.1. The van der Waals surface area contributed by atoms with Crippen molar-refractivity contribution < 1.29 is 33.8 Å². The van der Waals surface area contributed by atoms with Crippen LogP contribution in [0.1, 0.15) is 189 Å². The number of carbonyl (C=O) groups excluding carboxylic acids is 4. The Bertz CT molecular complexity index is 3980. The first-order valence-corrected chi connectivity index (χ1v) is 47.0. The maximum Gasteiger partial charge on any atom is 0.137 e. The number of nitrogens with zero attached hydrogens (tertiary/aromatic N) is 10. The zero-order chi connectivity index (χ0) is 75.1. The summed E-state index contributed by atoms with van der Waals surface area (Å²) in [5.74, 6) is -1.41. The Morgan fingerprint density at radius 3 is 1.47 bits per heavy atom. The van der Waals surface area contributed by atoms with Crippen molar-refractivity contribution in [2.45, 2.75) is 208 Å². The molecule has 10 aromatic heterocycles. The Morgan fingerprint density at radius 1 is 0.588 bits per heavy atom. The first-order valence-electron chi connectivity index (χ1n) is 36.1. The van der Waals surface area contributed by atoms with Crippen LogP contribution in [0.15, 0.2) is 157 Å². The van der Waals surface area contributed by atoms with Crippen LogP contribution in [0.5, 0.6) is 0 Å². The predicted octanol–water partition coefficient (Wildman–Crippen LogP) is 18.7. The third kappa shape index (κ3) is 27.8. The largest absolute Gasteiger partial charge is 0.397 e. The molecule has 2 saturated heterocycles. The van der Waals surface area contributed by atoms with Crippen molar-refractivity contribution in [1.82, 2.24) is 52.8 Å². The van der Waals surface area contributed by atoms with Gasteiger partial charge in [0, 0.05) is 93.8 Å². The van der Waals surface area contributed by atoms with Gasteiger partial charge in [-0.25, -0.2) is 29.5 Å². The molecular weight excluding hydrogens is 1650 g/mol. The van der Waals surface area contributed by atoms with Crippen molar-refractivity contribution in [3.63, 3.8) is 0 Å². The minimum absolute atomic E-state index is 0.250. The van der Waals surface area contributed by atoms with Gasteiger partial charge in [0.05, 0.1) is 33.8 Å². The molecule has 0 saturated carbocycles. The summed E-state index contributed by atoms with van der Waals surface area (Å²) in [5.41, 5.74) is 12.6. The molecule has 0 amide bonds. The van der Waals surface area contributed by atoms with Gasteiger partial charge < -0.3 is 33.5 Å². The second kappa shape index (κ2) is 47.4. The number of halogens is 4. The Morgan fingerprint density at radius 2 is 1.03 bits per heavy atom. The zero-order valence-corrected chi connectivity index (χ0v) is 71.4. The van der Waals surface area contributed by atoms with Gasteiger partial charge in [-0.3, -0.25) is 18.6 Å². The monoisotopic (exact) mass is 1760 g/mol. The van der Waals surface area contributed by atoms with E-state index in [9.17, 15) is 19.2 Å². The fourth-order valence-corrected chi connectivity index (χ4v) is 28.5. The number of ether oxygens (including phenoxy) is 2. The molecule has 0 unspecified atom stereocenters. The minimum Gasteiger partial charge on any atom is -0.397 e. The van der Waals surface area contributed by atoms with E-state index in [1.54, 1.807) is 30.7 Å². The van der Waals surface area contributed by atoms with Gasteiger partial charge in [0.1, 0.15) is 38.8 Å². The van der Waals surface area contributed by atoms with Gasteiger partial charge in [-0.15, -0.1) is 0 Å². The first kappa shape index (κ1) is 88.4. The number of pyridine rings is 6. The number of aliphatic hydroxyl groups excluding tert-OH is 1. The van der Waals surface area contributed by atoms with Crippen LogP contribution in [0.25, 0.3) is 33.8 Å². The number of ketones is 2. The van der Waals surface area contributed by atoms with E-state index in [1.165, 1.54) is 82.3 Å². The number of aliphatic hydroxyl groups is 1. The van der Waals surface area contributed by atoms with Gasteiger partial charge in [0.15, 0.2) is 0 Å². The van der Waals surface area contributed by atoms with Crippen LogP contribution in [0.4, 0.5) is 0 Å². The summed E-state index contributed by atoms with van der Waals surface area (Å²) >= 11 is 10.1. The van der Waals surface area contributed by atoms with E-state index in [4.69, 9.17) is 19.6 Å². The van der Waals surface area contributed by atoms with Gasteiger partial charge in [-0.1, -0.05) is 81.7 Å². The number of alkyl halides is 3. The summed E-state index contributed by atoms with van der Waals surface area (Å²) in [5, 5.41) is 11.5. The molecule has 102 heavy (non-hydrogen) atoms. The number of nitrogens with one attached hydrogen (secondary N) is 1. The molecule has 12 heterocycles. The number of unbranched alkanes of at least 4 members (excludes halogenated alkanes) is 3. The second-order valence-corrected chi connectivity index (χ2v) is 42.8. The van der Waals surface area contributed by atoms with E-state index in [2.05, 4.69) is 200 Å². The number of esters is 2. The van der Waals surface area contributed by atoms with Crippen molar-refractivity contribution in [1.29, 1.82) is 0 Å². The number of Topliss-reactive ketones (excluding diaryl/α,β-unsaturated/α-hetero) is 2. The molecule has 554 valence electrons. The number of piperidine rings is 1. The molecule has 0 aromatic carbocycles. The molecule has 0 radical (unpaired) electrons. The predicted molar refractivity (Wildman–Crippen MR) is 432 cm³/mol. The molecular formula is C79H109Br4N11O7Sn. The standard InChI is InChI=1S/C14H19N3.C14H13N3.C9H9BrN2.C9H10N2.C6H6Br2O4.C5H4N.C4H7BrO.C4H8O.3C4H9.C2H6O.Sn/c2*1-2-12-14(11-6-8-15-9-7-11)17-10-4-3-5-13(17)16-12;1-2-7-9(10)12-6-4-3-5-8(12)11-7;1-2-8-7-11-6-4-3-5-9(11)10-8;1-5(2)11-3(9)6(7,8)4(10)12-5;1-2-4-6-5-3-1;1-2-4(6)3-5;1-3-4(2)5;3*1-3-4-2;1-2-3;/h3-5,10-11,15H,2,6-9H2,1H3;3-10H,2H2,1H3;3-6H,2H2,1H3;3-7H,2H2,1H3;1-2H3;2-5H;2-3H2,1H3;3H2,1-2H3;3*1,3-4H2,2H3;3H,2H2,1H3;. The average molecular weight is 1760 g/mol. The fourth-order valence-electron chi connectivity index (χ4n) is 11.2. The second-order valence-electron chi connectivity index (χ2n) is 24.8. The van der Waals surface area contributed by atoms with Crippen LogP contribution in [0, 0.1) is 0 Å². The van der Waals surface area contributed by atoms with Gasteiger partial charge in [-0.05, 0) is 174 Å². The van der Waals surface area contributed by atoms with Crippen molar-refractivity contribution in [3.05, 3.63) is 186 Å². The molecule has 2 aliphatic rings. The third-order valence-corrected chi connectivity index (χ3v) is 35.2. The van der Waals surface area contributed by atoms with E-state index in [0.717, 1.165) is 88.6 Å². The summed E-state index contributed by atoms with van der Waals surface area (Å²) in [7, 11) is 0. The van der Waals surface area contributed by atoms with Crippen LogP contribution in [-0.4, -0.2) is 129 Å². The number of aromatic nitrogens is 10. The molecule has 0 bridgehead atoms. The Labute approximate surface area is 643 Å². The van der Waals surface area contributed by atoms with Gasteiger partial charge in [0.25, 0.3) is 9.02 Å². The third-order valence-electron chi connectivity index (χ3n) is 16.8. The minimum atomic E-state index is -2.14. The van der Waals surface area contributed by atoms with Crippen LogP contribution >= 0.6 is 63.7 Å². The quantitative estimate of drug-likeness (QED) is 0.0334. The summed E-state index contributed by atoms with van der Waals surface area (Å²) < 4.78 is 24.0. The van der Waals surface area contributed by atoms with Crippen LogP contribution < -0.4 is 8.90 Å². The van der Waals surface area contributed by atoms with Gasteiger partial charge >= 0.3 is 136 Å². The average Bonchev–Trinajstić information content (AvgIpc) is 0.826. The number of cyclic esters (lactones) is 2. The number of rotatable bonds is 19. The molecule has 12 rings (SSSR count). The Hall–Kier alpha value is -6.02. The van der Waals surface area contributed by atoms with E-state index in [1.807, 2.05) is 127 Å². The molecule has 2 aliphatic heterocycles. The summed E-state index contributed by atoms with van der Waals surface area (Å²) in [6.07, 6.45) is 34.0. The molecule has 10 aromatic rings. The Balaban J connectivity index is 0.000000252. The molecule has 0 aliphatic carbocycles. The normalized spacial score (nSPS) is 13.5. The number of imidazole rings is 4. The fraction of sp³-hybridized carbons (Fsp3) is 0.468. The van der Waals surface area contributed by atoms with E-state index in [-0.39, 0.29) is 18.2 Å². The van der Waals surface area contributed by atoms with Gasteiger partial charge in [-0.2, -0.15) is 0 Å². The molecule has 18 nitrogen and oxygen atoms in total. The maximum absolute atomic E-state index is 11.1. The SMILES string of the molecule is CC1(C)OC(=O)C(Br)(Br)C(=O)O1.CCC(=O)CBr.CCC(C)=O.CCC[CH2][Sn]([CH2]CCC)([CH2]CCC)[c]1ccncc1.CCO.CCc1cn2ccccc2n1.CCc1nc2ccccn2c1-c1ccncc1.CCc1nc2ccccn2c1Br.CCc1nc2ccccn2c1C1CCNCC1. The van der Waals surface area contributed by atoms with Crippen LogP contribution in [0.3, 0.4) is 0 Å². The molecule has 0 atom stereocenters. The maximum atomic E-state index is 11.1. The number of carbonyl (C=O) groups is 4. The van der Waals surface area contributed by atoms with Crippen LogP contribution in [-0.2, 0) is 54.3 Å². The smallest absolute Gasteiger partial charge is 0.137 e. The van der Waals surface area contributed by atoms with Crippen molar-refractivity contribution in [2.24, 2.45) is 0 Å². The molecule has 0 spiro atoms. The van der Waals surface area contributed by atoms with Crippen LogP contribution in [0.2, 0.25) is 13.3 Å². The summed E-state index contributed by atoms with van der Waals surface area (Å²) in [6.45, 7) is 28.0. The Kier molecular flexibility index (Phi) is 41.1. The van der Waals surface area contributed by atoms with E-state index in [0.29, 0.717) is 24.1 Å². The number of fused-ring (bicyclic) bond motifs is 4. The number of hydrogen-bond acceptors (Lipinski definition) is 14. The van der Waals surface area contributed by atoms with Gasteiger partial charge in [0.2, 0.25) is 0 Å². The number of hydrogen-bond donors (Lipinski definition) is 2. The topological polar surface area (TPSA) is 214 Å². The van der Waals surface area contributed by atoms with E-state index >= 15 is 0 Å². The van der Waals surface area contributed by atoms with E-state index < -0.39 is 39.3 Å².